The first kappa shape index (κ1) is 18.7. The Morgan fingerprint density at radius 1 is 1.15 bits per heavy atom. The molecule has 142 valence electrons. The number of guanidine groups is 1. The predicted molar refractivity (Wildman–Crippen MR) is 105 cm³/mol. The smallest absolute Gasteiger partial charge is 0.214 e. The molecule has 0 spiro atoms. The topological polar surface area (TPSA) is 80.3 Å². The van der Waals surface area contributed by atoms with E-state index in [1.54, 1.807) is 0 Å². The number of hydrogen-bond acceptors (Lipinski definition) is 4. The molecule has 0 amide bonds. The van der Waals surface area contributed by atoms with Crippen LogP contribution in [0.3, 0.4) is 0 Å². The maximum absolute atomic E-state index is 5.60. The number of aryl methyl sites for hydroxylation is 2. The van der Waals surface area contributed by atoms with Gasteiger partial charge in [-0.25, -0.2) is 9.98 Å². The Labute approximate surface area is 159 Å². The third kappa shape index (κ3) is 5.44. The van der Waals surface area contributed by atoms with E-state index in [4.69, 9.17) is 4.42 Å². The monoisotopic (exact) mass is 366 g/mol. The molecular weight excluding hydrogens is 340 g/mol. The van der Waals surface area contributed by atoms with E-state index in [0.717, 1.165) is 36.1 Å². The number of aliphatic imine (C=N–C) groups is 1. The van der Waals surface area contributed by atoms with E-state index in [2.05, 4.69) is 37.8 Å². The van der Waals surface area contributed by atoms with Crippen molar-refractivity contribution in [1.82, 2.24) is 25.4 Å². The zero-order valence-corrected chi connectivity index (χ0v) is 16.1. The van der Waals surface area contributed by atoms with Crippen molar-refractivity contribution in [3.63, 3.8) is 0 Å². The summed E-state index contributed by atoms with van der Waals surface area (Å²) < 4.78 is 7.53. The number of oxazole rings is 1. The van der Waals surface area contributed by atoms with E-state index in [0.29, 0.717) is 19.0 Å². The summed E-state index contributed by atoms with van der Waals surface area (Å²) in [5.74, 6) is 2.23. The fraction of sp³-hybridized carbons (Fsp3) is 0.350. The van der Waals surface area contributed by atoms with Crippen LogP contribution >= 0.6 is 0 Å². The zero-order chi connectivity index (χ0) is 19.1. The standard InChI is InChI=1S/C20H26N6O/c1-4-21-20(23-12-19-25-15(2)16(3)27-19)22-10-18-11-24-26(14-18)13-17-8-6-5-7-9-17/h5-9,11,14H,4,10,12-13H2,1-3H3,(H2,21,22,23). The maximum Gasteiger partial charge on any atom is 0.214 e. The van der Waals surface area contributed by atoms with Crippen LogP contribution in [0.2, 0.25) is 0 Å². The van der Waals surface area contributed by atoms with Crippen LogP contribution < -0.4 is 10.6 Å². The highest BCUT2D eigenvalue weighted by atomic mass is 16.4. The highest BCUT2D eigenvalue weighted by Crippen LogP contribution is 2.08. The molecule has 2 N–H and O–H groups in total. The van der Waals surface area contributed by atoms with Gasteiger partial charge in [0.05, 0.1) is 31.5 Å². The predicted octanol–water partition coefficient (Wildman–Crippen LogP) is 2.79. The van der Waals surface area contributed by atoms with Crippen molar-refractivity contribution in [3.05, 3.63) is 71.2 Å². The second kappa shape index (κ2) is 9.02. The number of nitrogens with zero attached hydrogens (tertiary/aromatic N) is 4. The molecule has 0 atom stereocenters. The first-order chi connectivity index (χ1) is 13.1. The molecule has 0 fully saturated rings. The van der Waals surface area contributed by atoms with E-state index in [9.17, 15) is 0 Å². The van der Waals surface area contributed by atoms with Gasteiger partial charge in [0.2, 0.25) is 5.89 Å². The molecule has 0 radical (unpaired) electrons. The molecule has 0 aliphatic carbocycles. The van der Waals surface area contributed by atoms with Gasteiger partial charge in [-0.15, -0.1) is 0 Å². The molecule has 2 heterocycles. The molecule has 0 unspecified atom stereocenters. The molecule has 0 aliphatic heterocycles. The minimum atomic E-state index is 0.494. The third-order valence-electron chi connectivity index (χ3n) is 4.12. The number of nitrogens with one attached hydrogen (secondary N) is 2. The van der Waals surface area contributed by atoms with Gasteiger partial charge in [-0.1, -0.05) is 30.3 Å². The maximum atomic E-state index is 5.60. The van der Waals surface area contributed by atoms with Crippen molar-refractivity contribution >= 4 is 5.96 Å². The first-order valence-electron chi connectivity index (χ1n) is 9.14. The lowest BCUT2D eigenvalue weighted by molar-refractivity contribution is 0.463. The average molecular weight is 366 g/mol. The zero-order valence-electron chi connectivity index (χ0n) is 16.1. The summed E-state index contributed by atoms with van der Waals surface area (Å²) in [5.41, 5.74) is 3.20. The minimum absolute atomic E-state index is 0.494. The van der Waals surface area contributed by atoms with Gasteiger partial charge in [0.15, 0.2) is 5.96 Å². The van der Waals surface area contributed by atoms with Gasteiger partial charge in [0.1, 0.15) is 5.76 Å². The SMILES string of the molecule is CCNC(=NCc1cnn(Cc2ccccc2)c1)NCc1nc(C)c(C)o1. The Kier molecular flexibility index (Phi) is 6.25. The minimum Gasteiger partial charge on any atom is -0.444 e. The normalized spacial score (nSPS) is 11.6. The van der Waals surface area contributed by atoms with E-state index in [1.165, 1.54) is 5.56 Å². The molecule has 2 aromatic heterocycles. The van der Waals surface area contributed by atoms with Crippen molar-refractivity contribution in [2.75, 3.05) is 6.54 Å². The van der Waals surface area contributed by atoms with Crippen LogP contribution in [0, 0.1) is 13.8 Å². The molecule has 7 heteroatoms. The summed E-state index contributed by atoms with van der Waals surface area (Å²) in [6.07, 6.45) is 3.89. The molecule has 1 aromatic carbocycles. The number of aromatic nitrogens is 3. The Bertz CT molecular complexity index is 862. The summed E-state index contributed by atoms with van der Waals surface area (Å²) in [6, 6.07) is 10.3. The van der Waals surface area contributed by atoms with Crippen molar-refractivity contribution in [1.29, 1.82) is 0 Å². The quantitative estimate of drug-likeness (QED) is 0.496. The molecule has 0 bridgehead atoms. The molecule has 0 aliphatic rings. The van der Waals surface area contributed by atoms with Crippen molar-refractivity contribution in [3.8, 4) is 0 Å². The first-order valence-corrected chi connectivity index (χ1v) is 9.14. The van der Waals surface area contributed by atoms with Crippen LogP contribution in [0.25, 0.3) is 0 Å². The van der Waals surface area contributed by atoms with E-state index >= 15 is 0 Å². The van der Waals surface area contributed by atoms with Gasteiger partial charge in [0, 0.05) is 18.3 Å². The molecular formula is C20H26N6O. The van der Waals surface area contributed by atoms with Gasteiger partial charge in [0.25, 0.3) is 0 Å². The van der Waals surface area contributed by atoms with Gasteiger partial charge >= 0.3 is 0 Å². The highest BCUT2D eigenvalue weighted by molar-refractivity contribution is 5.79. The van der Waals surface area contributed by atoms with Crippen LogP contribution in [-0.2, 0) is 19.6 Å². The van der Waals surface area contributed by atoms with Crippen LogP contribution in [0.1, 0.15) is 35.4 Å². The summed E-state index contributed by atoms with van der Waals surface area (Å²) in [5, 5.41) is 10.9. The fourth-order valence-corrected chi connectivity index (χ4v) is 2.63. The summed E-state index contributed by atoms with van der Waals surface area (Å²) in [4.78, 5) is 9.00. The number of rotatable bonds is 7. The molecule has 3 rings (SSSR count). The van der Waals surface area contributed by atoms with E-state index < -0.39 is 0 Å². The van der Waals surface area contributed by atoms with Crippen LogP contribution in [0.15, 0.2) is 52.1 Å². The Morgan fingerprint density at radius 3 is 2.67 bits per heavy atom. The van der Waals surface area contributed by atoms with Gasteiger partial charge in [-0.05, 0) is 26.3 Å². The fourth-order valence-electron chi connectivity index (χ4n) is 2.63. The highest BCUT2D eigenvalue weighted by Gasteiger charge is 2.07. The van der Waals surface area contributed by atoms with E-state index in [-0.39, 0.29) is 0 Å². The van der Waals surface area contributed by atoms with Gasteiger partial charge < -0.3 is 15.1 Å². The number of benzene rings is 1. The molecule has 0 saturated carbocycles. The number of hydrogen-bond donors (Lipinski definition) is 2. The summed E-state index contributed by atoms with van der Waals surface area (Å²) in [7, 11) is 0. The Balaban J connectivity index is 1.57. The van der Waals surface area contributed by atoms with Gasteiger partial charge in [-0.2, -0.15) is 5.10 Å². The second-order valence-corrected chi connectivity index (χ2v) is 6.33. The summed E-state index contributed by atoms with van der Waals surface area (Å²) in [6.45, 7) is 8.47. The van der Waals surface area contributed by atoms with Gasteiger partial charge in [-0.3, -0.25) is 4.68 Å². The lowest BCUT2D eigenvalue weighted by Crippen LogP contribution is -2.36. The van der Waals surface area contributed by atoms with Crippen LogP contribution in [-0.4, -0.2) is 27.3 Å². The van der Waals surface area contributed by atoms with Crippen molar-refractivity contribution in [2.45, 2.75) is 40.4 Å². The van der Waals surface area contributed by atoms with E-state index in [1.807, 2.05) is 56.0 Å². The lowest BCUT2D eigenvalue weighted by Gasteiger charge is -2.09. The average Bonchev–Trinajstić information content (AvgIpc) is 3.24. The Morgan fingerprint density at radius 2 is 1.96 bits per heavy atom. The van der Waals surface area contributed by atoms with Crippen molar-refractivity contribution < 1.29 is 4.42 Å². The lowest BCUT2D eigenvalue weighted by atomic mass is 10.2. The third-order valence-corrected chi connectivity index (χ3v) is 4.12. The molecule has 27 heavy (non-hydrogen) atoms. The largest absolute Gasteiger partial charge is 0.444 e. The Hall–Kier alpha value is -3.09. The van der Waals surface area contributed by atoms with Crippen LogP contribution in [0.4, 0.5) is 0 Å². The molecule has 7 nitrogen and oxygen atoms in total. The molecule has 3 aromatic rings. The molecule has 0 saturated heterocycles. The second-order valence-electron chi connectivity index (χ2n) is 6.33. The van der Waals surface area contributed by atoms with Crippen LogP contribution in [0.5, 0.6) is 0 Å². The van der Waals surface area contributed by atoms with Crippen molar-refractivity contribution in [2.24, 2.45) is 4.99 Å². The summed E-state index contributed by atoms with van der Waals surface area (Å²) >= 11 is 0.